The summed E-state index contributed by atoms with van der Waals surface area (Å²) in [6, 6.07) is -1.55. The van der Waals surface area contributed by atoms with Crippen molar-refractivity contribution in [3.8, 4) is 0 Å². The lowest BCUT2D eigenvalue weighted by atomic mass is 9.88. The van der Waals surface area contributed by atoms with Gasteiger partial charge in [-0.15, -0.1) is 0 Å². The molecule has 0 aromatic rings. The molecule has 3 aliphatic heterocycles. The van der Waals surface area contributed by atoms with Crippen LogP contribution in [0.15, 0.2) is 0 Å². The average Bonchev–Trinajstić information content (AvgIpc) is 2.99. The number of amides is 2. The van der Waals surface area contributed by atoms with Crippen LogP contribution in [0.1, 0.15) is 20.3 Å². The van der Waals surface area contributed by atoms with Crippen molar-refractivity contribution in [2.75, 3.05) is 19.8 Å². The third kappa shape index (κ3) is 8.08. The van der Waals surface area contributed by atoms with E-state index in [1.165, 1.54) is 0 Å². The normalized spacial score (nSPS) is 42.9. The Labute approximate surface area is 260 Å². The molecule has 16 atom stereocenters. The minimum Gasteiger partial charge on any atom is -0.477 e. The molecule has 0 aliphatic carbocycles. The number of carbonyl (C=O) groups excluding carboxylic acids is 2. The van der Waals surface area contributed by atoms with Crippen LogP contribution in [0, 0.1) is 0 Å². The molecule has 3 saturated heterocycles. The Morgan fingerprint density at radius 1 is 0.848 bits per heavy atom. The molecule has 3 fully saturated rings. The monoisotopic (exact) mass is 674 g/mol. The lowest BCUT2D eigenvalue weighted by Crippen LogP contribution is -2.71. The number of carboxylic acid groups (broad SMARTS) is 1. The van der Waals surface area contributed by atoms with Crippen molar-refractivity contribution >= 4 is 17.8 Å². The quantitative estimate of drug-likeness (QED) is 0.0913. The van der Waals surface area contributed by atoms with Gasteiger partial charge in [0.1, 0.15) is 67.1 Å². The Hall–Kier alpha value is -2.19. The molecule has 266 valence electrons. The van der Waals surface area contributed by atoms with Crippen molar-refractivity contribution in [2.45, 2.75) is 118 Å². The van der Waals surface area contributed by atoms with E-state index in [9.17, 15) is 70.6 Å². The van der Waals surface area contributed by atoms with Crippen LogP contribution in [-0.4, -0.2) is 191 Å². The van der Waals surface area contributed by atoms with E-state index >= 15 is 0 Å². The molecule has 0 saturated carbocycles. The number of carboxylic acids is 1. The number of nitrogens with one attached hydrogen (secondary N) is 2. The van der Waals surface area contributed by atoms with E-state index in [4.69, 9.17) is 23.7 Å². The lowest BCUT2D eigenvalue weighted by molar-refractivity contribution is -0.381. The number of hydrogen-bond donors (Lipinski definition) is 13. The van der Waals surface area contributed by atoms with E-state index in [0.717, 1.165) is 13.8 Å². The van der Waals surface area contributed by atoms with Crippen LogP contribution in [0.5, 0.6) is 0 Å². The highest BCUT2D eigenvalue weighted by Crippen LogP contribution is 2.38. The Morgan fingerprint density at radius 3 is 1.98 bits per heavy atom. The molecule has 0 aromatic heterocycles. The third-order valence-electron chi connectivity index (χ3n) is 7.84. The van der Waals surface area contributed by atoms with Crippen molar-refractivity contribution in [3.63, 3.8) is 0 Å². The van der Waals surface area contributed by atoms with Gasteiger partial charge in [0.15, 0.2) is 12.5 Å². The van der Waals surface area contributed by atoms with E-state index in [0.29, 0.717) is 0 Å². The minimum absolute atomic E-state index is 0.649. The van der Waals surface area contributed by atoms with Gasteiger partial charge in [0, 0.05) is 20.3 Å². The summed E-state index contributed by atoms with van der Waals surface area (Å²) in [6.45, 7) is -0.751. The van der Waals surface area contributed by atoms with Crippen LogP contribution < -0.4 is 10.6 Å². The zero-order valence-electron chi connectivity index (χ0n) is 24.7. The van der Waals surface area contributed by atoms with Crippen LogP contribution in [0.3, 0.4) is 0 Å². The first kappa shape index (κ1) is 38.3. The van der Waals surface area contributed by atoms with Crippen LogP contribution in [0.2, 0.25) is 0 Å². The molecule has 2 amide bonds. The maximum atomic E-state index is 12.6. The smallest absolute Gasteiger partial charge is 0.364 e. The predicted molar refractivity (Wildman–Crippen MR) is 142 cm³/mol. The highest BCUT2D eigenvalue weighted by atomic mass is 16.8. The fourth-order valence-electron chi connectivity index (χ4n) is 5.50. The van der Waals surface area contributed by atoms with Gasteiger partial charge in [-0.05, 0) is 0 Å². The standard InChI is InChI=1S/C25H42N2O19/c1-7(31)26-13-9(33)3-25(24(40)41,45-20(13)14(35)10(34)4-28)46-21-15(36)11(5-29)43-23(18(21)39)44-19-12(6-30)42-22(27-8(2)32)17(38)16(19)37/h9-23,28-30,33-39H,3-6H2,1-2H3,(H,26,31)(H,27,32)(H,40,41). The number of ether oxygens (including phenoxy) is 5. The number of hydrogen-bond acceptors (Lipinski definition) is 18. The molecule has 21 heteroatoms. The first-order chi connectivity index (χ1) is 21.5. The van der Waals surface area contributed by atoms with Gasteiger partial charge in [0.2, 0.25) is 11.8 Å². The Morgan fingerprint density at radius 2 is 1.46 bits per heavy atom. The number of aliphatic carboxylic acids is 1. The third-order valence-corrected chi connectivity index (χ3v) is 7.84. The first-order valence-electron chi connectivity index (χ1n) is 14.2. The first-order valence-corrected chi connectivity index (χ1v) is 14.2. The van der Waals surface area contributed by atoms with Crippen LogP contribution in [0.25, 0.3) is 0 Å². The maximum Gasteiger partial charge on any atom is 0.364 e. The second-order valence-electron chi connectivity index (χ2n) is 11.2. The second-order valence-corrected chi connectivity index (χ2v) is 11.2. The Bertz CT molecular complexity index is 1050. The fraction of sp³-hybridized carbons (Fsp3) is 0.880. The molecule has 0 radical (unpaired) electrons. The van der Waals surface area contributed by atoms with Gasteiger partial charge in [-0.3, -0.25) is 9.59 Å². The SMILES string of the molecule is CC(=O)NC1OC(CO)C(OC2OC(CO)C(O)C(OC3(C(=O)O)CC(O)C(NC(C)=O)C(C(O)C(O)CO)O3)C2O)C(O)C1O. The zero-order valence-corrected chi connectivity index (χ0v) is 24.7. The van der Waals surface area contributed by atoms with Gasteiger partial charge in [0.05, 0.1) is 32.0 Å². The molecule has 3 heterocycles. The van der Waals surface area contributed by atoms with Gasteiger partial charge < -0.3 is 90.5 Å². The molecule has 13 N–H and O–H groups in total. The molecule has 46 heavy (non-hydrogen) atoms. The number of aliphatic hydroxyl groups excluding tert-OH is 10. The van der Waals surface area contributed by atoms with Crippen LogP contribution in [-0.2, 0) is 38.1 Å². The van der Waals surface area contributed by atoms with Gasteiger partial charge in [0.25, 0.3) is 5.79 Å². The number of rotatable bonds is 12. The summed E-state index contributed by atoms with van der Waals surface area (Å²) in [7, 11) is 0. The molecular weight excluding hydrogens is 632 g/mol. The molecule has 0 bridgehead atoms. The molecular formula is C25H42N2O19. The highest BCUT2D eigenvalue weighted by Gasteiger charge is 2.60. The topological polar surface area (TPSA) is 344 Å². The predicted octanol–water partition coefficient (Wildman–Crippen LogP) is -8.08. The summed E-state index contributed by atoms with van der Waals surface area (Å²) < 4.78 is 27.5. The van der Waals surface area contributed by atoms with Gasteiger partial charge in [-0.25, -0.2) is 4.79 Å². The summed E-state index contributed by atoms with van der Waals surface area (Å²) in [5, 5.41) is 118. The van der Waals surface area contributed by atoms with Crippen LogP contribution in [0.4, 0.5) is 0 Å². The molecule has 16 unspecified atom stereocenters. The fourth-order valence-corrected chi connectivity index (χ4v) is 5.50. The molecule has 0 aromatic carbocycles. The number of aliphatic hydroxyl groups is 10. The van der Waals surface area contributed by atoms with Crippen molar-refractivity contribution in [1.29, 1.82) is 0 Å². The van der Waals surface area contributed by atoms with E-state index in [2.05, 4.69) is 10.6 Å². The van der Waals surface area contributed by atoms with E-state index in [1.807, 2.05) is 0 Å². The summed E-state index contributed by atoms with van der Waals surface area (Å²) >= 11 is 0. The maximum absolute atomic E-state index is 12.6. The summed E-state index contributed by atoms with van der Waals surface area (Å²) in [4.78, 5) is 35.8. The summed E-state index contributed by atoms with van der Waals surface area (Å²) in [5.41, 5.74) is 0. The van der Waals surface area contributed by atoms with Crippen LogP contribution >= 0.6 is 0 Å². The van der Waals surface area contributed by atoms with E-state index in [-0.39, 0.29) is 0 Å². The highest BCUT2D eigenvalue weighted by molar-refractivity contribution is 5.76. The zero-order chi connectivity index (χ0) is 34.7. The summed E-state index contributed by atoms with van der Waals surface area (Å²) in [5.74, 6) is -6.41. The van der Waals surface area contributed by atoms with Gasteiger partial charge in [-0.2, -0.15) is 0 Å². The summed E-state index contributed by atoms with van der Waals surface area (Å²) in [6.07, 6.45) is -27.3. The second kappa shape index (κ2) is 15.8. The minimum atomic E-state index is -3.04. The van der Waals surface area contributed by atoms with Gasteiger partial charge >= 0.3 is 5.97 Å². The molecule has 3 aliphatic rings. The molecule has 21 nitrogen and oxygen atoms in total. The van der Waals surface area contributed by atoms with E-state index < -0.39 is 142 Å². The Balaban J connectivity index is 1.93. The van der Waals surface area contributed by atoms with E-state index in [1.54, 1.807) is 0 Å². The van der Waals surface area contributed by atoms with Gasteiger partial charge in [-0.1, -0.05) is 0 Å². The lowest BCUT2D eigenvalue weighted by Gasteiger charge is -2.50. The van der Waals surface area contributed by atoms with Crippen molar-refractivity contribution < 1.29 is 94.2 Å². The Kier molecular flexibility index (Phi) is 13.1. The van der Waals surface area contributed by atoms with Crippen molar-refractivity contribution in [1.82, 2.24) is 10.6 Å². The number of carbonyl (C=O) groups is 3. The van der Waals surface area contributed by atoms with Crippen molar-refractivity contribution in [2.24, 2.45) is 0 Å². The largest absolute Gasteiger partial charge is 0.477 e. The molecule has 3 rings (SSSR count). The average molecular weight is 675 g/mol. The molecule has 0 spiro atoms. The van der Waals surface area contributed by atoms with Crippen molar-refractivity contribution in [3.05, 3.63) is 0 Å².